The first-order chi connectivity index (χ1) is 13.9. The van der Waals surface area contributed by atoms with Crippen LogP contribution in [0.15, 0.2) is 48.8 Å². The van der Waals surface area contributed by atoms with Gasteiger partial charge in [-0.25, -0.2) is 9.97 Å². The Morgan fingerprint density at radius 1 is 0.966 bits per heavy atom. The lowest BCUT2D eigenvalue weighted by molar-refractivity contribution is -0.383. The number of halogens is 3. The molecule has 1 aromatic heterocycles. The van der Waals surface area contributed by atoms with Crippen molar-refractivity contribution < 1.29 is 9.72 Å². The highest BCUT2D eigenvalue weighted by molar-refractivity contribution is 6.43. The molecule has 1 heterocycles. The standard InChI is InChI=1S/C17H11Cl3N6O3/c18-10-5-2-1-4-9(10)17(27)25-24-16-14(26(28)29)15(21-8-22-16)23-12-7-3-6-11(19)13(12)20/h1-8H,(H,25,27)(H2,21,22,23,24). The Kier molecular flexibility index (Phi) is 6.32. The van der Waals surface area contributed by atoms with Crippen molar-refractivity contribution in [1.29, 1.82) is 0 Å². The van der Waals surface area contributed by atoms with Crippen LogP contribution in [0.4, 0.5) is 23.0 Å². The van der Waals surface area contributed by atoms with Crippen LogP contribution in [-0.2, 0) is 0 Å². The Bertz CT molecular complexity index is 1100. The molecule has 29 heavy (non-hydrogen) atoms. The van der Waals surface area contributed by atoms with Crippen molar-refractivity contribution in [3.05, 3.63) is 79.5 Å². The number of anilines is 3. The van der Waals surface area contributed by atoms with E-state index in [1.165, 1.54) is 6.07 Å². The maximum atomic E-state index is 12.3. The first-order valence-corrected chi connectivity index (χ1v) is 9.03. The quantitative estimate of drug-likeness (QED) is 0.360. The lowest BCUT2D eigenvalue weighted by Gasteiger charge is -2.12. The van der Waals surface area contributed by atoms with Gasteiger partial charge in [0.25, 0.3) is 5.91 Å². The molecule has 0 fully saturated rings. The second kappa shape index (κ2) is 8.91. The van der Waals surface area contributed by atoms with E-state index in [0.29, 0.717) is 5.69 Å². The molecule has 0 atom stereocenters. The first-order valence-electron chi connectivity index (χ1n) is 7.89. The number of hydrogen-bond acceptors (Lipinski definition) is 7. The molecule has 1 amide bonds. The molecule has 0 spiro atoms. The molecule has 0 aliphatic rings. The Morgan fingerprint density at radius 2 is 1.66 bits per heavy atom. The van der Waals surface area contributed by atoms with Gasteiger partial charge in [-0.2, -0.15) is 0 Å². The highest BCUT2D eigenvalue weighted by Crippen LogP contribution is 2.35. The van der Waals surface area contributed by atoms with Gasteiger partial charge in [-0.3, -0.25) is 25.8 Å². The molecule has 2 aromatic carbocycles. The van der Waals surface area contributed by atoms with Gasteiger partial charge < -0.3 is 5.32 Å². The fourth-order valence-electron chi connectivity index (χ4n) is 2.29. The fourth-order valence-corrected chi connectivity index (χ4v) is 2.86. The third-order valence-corrected chi connectivity index (χ3v) is 4.77. The molecule has 0 unspecified atom stereocenters. The molecule has 148 valence electrons. The van der Waals surface area contributed by atoms with E-state index < -0.39 is 16.5 Å². The van der Waals surface area contributed by atoms with Crippen LogP contribution in [0.3, 0.4) is 0 Å². The second-order valence-corrected chi connectivity index (χ2v) is 6.65. The second-order valence-electron chi connectivity index (χ2n) is 5.46. The molecule has 0 radical (unpaired) electrons. The molecule has 0 aliphatic heterocycles. The number of carbonyl (C=O) groups excluding carboxylic acids is 1. The Morgan fingerprint density at radius 3 is 2.38 bits per heavy atom. The van der Waals surface area contributed by atoms with Gasteiger partial charge in [-0.1, -0.05) is 53.0 Å². The maximum absolute atomic E-state index is 12.3. The molecule has 3 N–H and O–H groups in total. The number of benzene rings is 2. The minimum Gasteiger partial charge on any atom is -0.333 e. The number of hydrogen-bond donors (Lipinski definition) is 3. The van der Waals surface area contributed by atoms with E-state index in [2.05, 4.69) is 26.1 Å². The number of aromatic nitrogens is 2. The maximum Gasteiger partial charge on any atom is 0.355 e. The van der Waals surface area contributed by atoms with Crippen molar-refractivity contribution in [2.45, 2.75) is 0 Å². The summed E-state index contributed by atoms with van der Waals surface area (Å²) in [5, 5.41) is 15.0. The topological polar surface area (TPSA) is 122 Å². The normalized spacial score (nSPS) is 10.3. The first kappa shape index (κ1) is 20.6. The van der Waals surface area contributed by atoms with E-state index in [1.54, 1.807) is 36.4 Å². The zero-order chi connectivity index (χ0) is 21.0. The summed E-state index contributed by atoms with van der Waals surface area (Å²) in [6, 6.07) is 11.1. The predicted octanol–water partition coefficient (Wildman–Crippen LogP) is 4.85. The fraction of sp³-hybridized carbons (Fsp3) is 0. The average Bonchev–Trinajstić information content (AvgIpc) is 2.70. The van der Waals surface area contributed by atoms with Crippen LogP contribution in [-0.4, -0.2) is 20.8 Å². The van der Waals surface area contributed by atoms with Crippen molar-refractivity contribution in [2.24, 2.45) is 0 Å². The number of rotatable bonds is 6. The lowest BCUT2D eigenvalue weighted by atomic mass is 10.2. The van der Waals surface area contributed by atoms with E-state index in [-0.39, 0.29) is 32.3 Å². The zero-order valence-corrected chi connectivity index (χ0v) is 16.6. The number of hydrazine groups is 1. The van der Waals surface area contributed by atoms with Crippen molar-refractivity contribution in [1.82, 2.24) is 15.4 Å². The van der Waals surface area contributed by atoms with Crippen LogP contribution >= 0.6 is 34.8 Å². The van der Waals surface area contributed by atoms with Crippen LogP contribution in [0.25, 0.3) is 0 Å². The smallest absolute Gasteiger partial charge is 0.333 e. The molecule has 12 heteroatoms. The summed E-state index contributed by atoms with van der Waals surface area (Å²) in [5.41, 5.74) is 4.73. The van der Waals surface area contributed by atoms with E-state index in [0.717, 1.165) is 6.33 Å². The van der Waals surface area contributed by atoms with Crippen molar-refractivity contribution in [3.8, 4) is 0 Å². The van der Waals surface area contributed by atoms with Crippen LogP contribution in [0.2, 0.25) is 15.1 Å². The Labute approximate surface area is 179 Å². The van der Waals surface area contributed by atoms with Gasteiger partial charge in [0, 0.05) is 0 Å². The highest BCUT2D eigenvalue weighted by Gasteiger charge is 2.24. The number of nitrogens with zero attached hydrogens (tertiary/aromatic N) is 3. The van der Waals surface area contributed by atoms with Crippen molar-refractivity contribution in [2.75, 3.05) is 10.7 Å². The summed E-state index contributed by atoms with van der Waals surface area (Å²) in [7, 11) is 0. The van der Waals surface area contributed by atoms with E-state index >= 15 is 0 Å². The van der Waals surface area contributed by atoms with Gasteiger partial charge in [0.2, 0.25) is 11.6 Å². The van der Waals surface area contributed by atoms with Crippen LogP contribution < -0.4 is 16.2 Å². The van der Waals surface area contributed by atoms with Gasteiger partial charge >= 0.3 is 5.69 Å². The molecule has 0 saturated carbocycles. The largest absolute Gasteiger partial charge is 0.355 e. The van der Waals surface area contributed by atoms with E-state index in [1.807, 2.05) is 0 Å². The molecule has 0 aliphatic carbocycles. The predicted molar refractivity (Wildman–Crippen MR) is 111 cm³/mol. The number of amides is 1. The number of carbonyl (C=O) groups is 1. The van der Waals surface area contributed by atoms with E-state index in [4.69, 9.17) is 34.8 Å². The molecular weight excluding hydrogens is 443 g/mol. The molecule has 0 bridgehead atoms. The highest BCUT2D eigenvalue weighted by atomic mass is 35.5. The third-order valence-electron chi connectivity index (χ3n) is 3.62. The zero-order valence-electron chi connectivity index (χ0n) is 14.3. The molecule has 3 rings (SSSR count). The summed E-state index contributed by atoms with van der Waals surface area (Å²) in [6.07, 6.45) is 1.08. The van der Waals surface area contributed by atoms with Gasteiger partial charge in [-0.05, 0) is 24.3 Å². The summed E-state index contributed by atoms with van der Waals surface area (Å²) >= 11 is 18.0. The molecular formula is C17H11Cl3N6O3. The molecule has 0 saturated heterocycles. The van der Waals surface area contributed by atoms with E-state index in [9.17, 15) is 14.9 Å². The number of nitrogens with one attached hydrogen (secondary N) is 3. The van der Waals surface area contributed by atoms with Gasteiger partial charge in [0.05, 0.1) is 31.2 Å². The Hall–Kier alpha value is -3.14. The molecule has 3 aromatic rings. The minimum absolute atomic E-state index is 0.149. The lowest BCUT2D eigenvalue weighted by Crippen LogP contribution is -2.30. The Balaban J connectivity index is 1.87. The summed E-state index contributed by atoms with van der Waals surface area (Å²) < 4.78 is 0. The summed E-state index contributed by atoms with van der Waals surface area (Å²) in [6.45, 7) is 0. The van der Waals surface area contributed by atoms with Crippen molar-refractivity contribution in [3.63, 3.8) is 0 Å². The van der Waals surface area contributed by atoms with Gasteiger partial charge in [-0.15, -0.1) is 0 Å². The van der Waals surface area contributed by atoms with Gasteiger partial charge in [0.15, 0.2) is 0 Å². The minimum atomic E-state index is -0.704. The molecule has 9 nitrogen and oxygen atoms in total. The third kappa shape index (κ3) is 4.65. The monoisotopic (exact) mass is 452 g/mol. The average molecular weight is 454 g/mol. The van der Waals surface area contributed by atoms with Gasteiger partial charge in [0.1, 0.15) is 6.33 Å². The van der Waals surface area contributed by atoms with Crippen molar-refractivity contribution >= 4 is 63.7 Å². The van der Waals surface area contributed by atoms with Crippen LogP contribution in [0.1, 0.15) is 10.4 Å². The van der Waals surface area contributed by atoms with Crippen LogP contribution in [0.5, 0.6) is 0 Å². The number of nitro groups is 1. The summed E-state index contributed by atoms with van der Waals surface area (Å²) in [4.78, 5) is 30.9. The van der Waals surface area contributed by atoms with Crippen LogP contribution in [0, 0.1) is 10.1 Å². The SMILES string of the molecule is O=C(NNc1ncnc(Nc2cccc(Cl)c2Cl)c1[N+](=O)[O-])c1ccccc1Cl. The summed E-state index contributed by atoms with van der Waals surface area (Å²) in [5.74, 6) is -0.995.